The van der Waals surface area contributed by atoms with Gasteiger partial charge in [-0.2, -0.15) is 5.10 Å². The number of hydrazone groups is 1. The second kappa shape index (κ2) is 8.21. The predicted octanol–water partition coefficient (Wildman–Crippen LogP) is 3.13. The lowest BCUT2D eigenvalue weighted by molar-refractivity contribution is 0.0952. The molecule has 1 N–H and O–H groups in total. The molecule has 0 spiro atoms. The summed E-state index contributed by atoms with van der Waals surface area (Å²) in [5.41, 5.74) is 3.42. The molecule has 1 amide bonds. The summed E-state index contributed by atoms with van der Waals surface area (Å²) in [6, 6.07) is 10.0. The molecule has 0 aromatic heterocycles. The normalized spacial score (nSPS) is 10.5. The van der Waals surface area contributed by atoms with E-state index in [9.17, 15) is 4.79 Å². The molecule has 24 heavy (non-hydrogen) atoms. The number of amides is 1. The quantitative estimate of drug-likeness (QED) is 0.643. The van der Waals surface area contributed by atoms with Crippen molar-refractivity contribution in [2.75, 3.05) is 21.3 Å². The summed E-state index contributed by atoms with van der Waals surface area (Å²) < 4.78 is 15.5. The van der Waals surface area contributed by atoms with Gasteiger partial charge in [-0.3, -0.25) is 4.79 Å². The number of benzene rings is 2. The Morgan fingerprint density at radius 2 is 1.79 bits per heavy atom. The SMILES string of the molecule is COc1ccc(/C=N/NC(=O)c2cc(Cl)ccc2OC)c(OC)c1. The molecule has 6 nitrogen and oxygen atoms in total. The Labute approximate surface area is 145 Å². The third-order valence-corrected chi connectivity index (χ3v) is 3.45. The van der Waals surface area contributed by atoms with Crippen molar-refractivity contribution < 1.29 is 19.0 Å². The van der Waals surface area contributed by atoms with Crippen molar-refractivity contribution in [2.45, 2.75) is 0 Å². The van der Waals surface area contributed by atoms with Gasteiger partial charge < -0.3 is 14.2 Å². The average Bonchev–Trinajstić information content (AvgIpc) is 2.61. The summed E-state index contributed by atoms with van der Waals surface area (Å²) >= 11 is 5.91. The largest absolute Gasteiger partial charge is 0.497 e. The number of carbonyl (C=O) groups excluding carboxylic acids is 1. The van der Waals surface area contributed by atoms with Gasteiger partial charge in [0.1, 0.15) is 17.2 Å². The van der Waals surface area contributed by atoms with Crippen LogP contribution >= 0.6 is 11.6 Å². The Hall–Kier alpha value is -2.73. The van der Waals surface area contributed by atoms with Crippen LogP contribution in [0.4, 0.5) is 0 Å². The maximum atomic E-state index is 12.2. The fourth-order valence-corrected chi connectivity index (χ4v) is 2.18. The Morgan fingerprint density at radius 3 is 2.46 bits per heavy atom. The van der Waals surface area contributed by atoms with Crippen molar-refractivity contribution >= 4 is 23.7 Å². The number of carbonyl (C=O) groups is 1. The summed E-state index contributed by atoms with van der Waals surface area (Å²) in [5.74, 6) is 1.22. The first kappa shape index (κ1) is 17.6. The predicted molar refractivity (Wildman–Crippen MR) is 92.6 cm³/mol. The van der Waals surface area contributed by atoms with Crippen LogP contribution in [-0.4, -0.2) is 33.5 Å². The van der Waals surface area contributed by atoms with E-state index in [1.807, 2.05) is 0 Å². The van der Waals surface area contributed by atoms with Gasteiger partial charge in [0.2, 0.25) is 0 Å². The monoisotopic (exact) mass is 348 g/mol. The number of nitrogens with one attached hydrogen (secondary N) is 1. The van der Waals surface area contributed by atoms with Crippen LogP contribution in [0.2, 0.25) is 5.02 Å². The Morgan fingerprint density at radius 1 is 1.04 bits per heavy atom. The minimum Gasteiger partial charge on any atom is -0.497 e. The van der Waals surface area contributed by atoms with Crippen molar-refractivity contribution in [3.05, 3.63) is 52.5 Å². The number of rotatable bonds is 6. The lowest BCUT2D eigenvalue weighted by atomic mass is 10.2. The fraction of sp³-hybridized carbons (Fsp3) is 0.176. The van der Waals surface area contributed by atoms with Gasteiger partial charge in [-0.05, 0) is 30.3 Å². The van der Waals surface area contributed by atoms with Gasteiger partial charge in [-0.15, -0.1) is 0 Å². The van der Waals surface area contributed by atoms with Crippen molar-refractivity contribution in [2.24, 2.45) is 5.10 Å². The zero-order valence-electron chi connectivity index (χ0n) is 13.5. The van der Waals surface area contributed by atoms with E-state index in [-0.39, 0.29) is 0 Å². The molecule has 0 aliphatic heterocycles. The van der Waals surface area contributed by atoms with Crippen molar-refractivity contribution in [3.8, 4) is 17.2 Å². The standard InChI is InChI=1S/C17H17ClN2O4/c1-22-13-6-4-11(16(9-13)24-3)10-19-20-17(21)14-8-12(18)5-7-15(14)23-2/h4-10H,1-3H3,(H,20,21)/b19-10+. The first-order chi connectivity index (χ1) is 11.6. The van der Waals surface area contributed by atoms with Gasteiger partial charge in [0.25, 0.3) is 5.91 Å². The van der Waals surface area contributed by atoms with E-state index in [4.69, 9.17) is 25.8 Å². The van der Waals surface area contributed by atoms with Crippen LogP contribution < -0.4 is 19.6 Å². The highest BCUT2D eigenvalue weighted by Crippen LogP contribution is 2.24. The zero-order valence-corrected chi connectivity index (χ0v) is 14.3. The van der Waals surface area contributed by atoms with Crippen LogP contribution in [-0.2, 0) is 0 Å². The van der Waals surface area contributed by atoms with Crippen LogP contribution in [0.25, 0.3) is 0 Å². The van der Waals surface area contributed by atoms with E-state index in [0.717, 1.165) is 0 Å². The molecule has 0 bridgehead atoms. The number of hydrogen-bond donors (Lipinski definition) is 1. The van der Waals surface area contributed by atoms with Crippen LogP contribution in [0.1, 0.15) is 15.9 Å². The maximum Gasteiger partial charge on any atom is 0.275 e. The lowest BCUT2D eigenvalue weighted by Gasteiger charge is -2.08. The molecule has 0 fully saturated rings. The molecule has 0 aliphatic rings. The van der Waals surface area contributed by atoms with Crippen molar-refractivity contribution in [1.82, 2.24) is 5.43 Å². The minimum absolute atomic E-state index is 0.295. The number of methoxy groups -OCH3 is 3. The van der Waals surface area contributed by atoms with E-state index in [2.05, 4.69) is 10.5 Å². The lowest BCUT2D eigenvalue weighted by Crippen LogP contribution is -2.18. The number of ether oxygens (including phenoxy) is 3. The number of nitrogens with zero attached hydrogens (tertiary/aromatic N) is 1. The molecule has 0 aliphatic carbocycles. The smallest absolute Gasteiger partial charge is 0.275 e. The molecule has 7 heteroatoms. The van der Waals surface area contributed by atoms with Gasteiger partial charge in [0, 0.05) is 16.7 Å². The highest BCUT2D eigenvalue weighted by Gasteiger charge is 2.12. The third-order valence-electron chi connectivity index (χ3n) is 3.22. The molecule has 0 saturated heterocycles. The second-order valence-corrected chi connectivity index (χ2v) is 5.09. The number of halogens is 1. The Bertz CT molecular complexity index is 762. The summed E-state index contributed by atoms with van der Waals surface area (Å²) in [5, 5.41) is 4.38. The van der Waals surface area contributed by atoms with Crippen LogP contribution in [0, 0.1) is 0 Å². The third kappa shape index (κ3) is 4.17. The molecule has 2 aromatic rings. The molecule has 0 radical (unpaired) electrons. The van der Waals surface area contributed by atoms with Gasteiger partial charge in [-0.1, -0.05) is 11.6 Å². The molecular formula is C17H17ClN2O4. The van der Waals surface area contributed by atoms with Gasteiger partial charge in [-0.25, -0.2) is 5.43 Å². The zero-order chi connectivity index (χ0) is 17.5. The maximum absolute atomic E-state index is 12.2. The summed E-state index contributed by atoms with van der Waals surface area (Å²) in [6.45, 7) is 0. The Balaban J connectivity index is 2.14. The molecule has 126 valence electrons. The van der Waals surface area contributed by atoms with Crippen LogP contribution in [0.3, 0.4) is 0 Å². The van der Waals surface area contributed by atoms with Gasteiger partial charge in [0.15, 0.2) is 0 Å². The minimum atomic E-state index is -0.432. The fourth-order valence-electron chi connectivity index (χ4n) is 2.00. The molecule has 0 unspecified atom stereocenters. The number of hydrogen-bond acceptors (Lipinski definition) is 5. The van der Waals surface area contributed by atoms with Crippen LogP contribution in [0.15, 0.2) is 41.5 Å². The molecular weight excluding hydrogens is 332 g/mol. The van der Waals surface area contributed by atoms with Crippen LogP contribution in [0.5, 0.6) is 17.2 Å². The van der Waals surface area contributed by atoms with E-state index in [1.54, 1.807) is 44.6 Å². The average molecular weight is 349 g/mol. The van der Waals surface area contributed by atoms with E-state index in [0.29, 0.717) is 33.4 Å². The molecule has 0 heterocycles. The first-order valence-corrected chi connectivity index (χ1v) is 7.35. The first-order valence-electron chi connectivity index (χ1n) is 6.98. The Kier molecular flexibility index (Phi) is 6.03. The van der Waals surface area contributed by atoms with Crippen molar-refractivity contribution in [3.63, 3.8) is 0 Å². The summed E-state index contributed by atoms with van der Waals surface area (Å²) in [6.07, 6.45) is 1.48. The molecule has 0 saturated carbocycles. The highest BCUT2D eigenvalue weighted by atomic mass is 35.5. The summed E-state index contributed by atoms with van der Waals surface area (Å²) in [4.78, 5) is 12.2. The molecule has 2 aromatic carbocycles. The van der Waals surface area contributed by atoms with E-state index >= 15 is 0 Å². The molecule has 2 rings (SSSR count). The van der Waals surface area contributed by atoms with E-state index in [1.165, 1.54) is 19.4 Å². The topological polar surface area (TPSA) is 69.2 Å². The van der Waals surface area contributed by atoms with Gasteiger partial charge >= 0.3 is 0 Å². The summed E-state index contributed by atoms with van der Waals surface area (Å²) in [7, 11) is 4.59. The van der Waals surface area contributed by atoms with Gasteiger partial charge in [0.05, 0.1) is 33.1 Å². The second-order valence-electron chi connectivity index (χ2n) is 4.65. The highest BCUT2D eigenvalue weighted by molar-refractivity contribution is 6.31. The van der Waals surface area contributed by atoms with Crippen molar-refractivity contribution in [1.29, 1.82) is 0 Å². The van der Waals surface area contributed by atoms with E-state index < -0.39 is 5.91 Å². The molecule has 0 atom stereocenters.